The summed E-state index contributed by atoms with van der Waals surface area (Å²) < 4.78 is 25.9. The minimum Gasteiger partial charge on any atom is -0.341 e. The number of benzene rings is 1. The molecule has 0 aliphatic carbocycles. The molecule has 5 heteroatoms. The van der Waals surface area contributed by atoms with E-state index < -0.39 is 11.6 Å². The molecule has 1 amide bonds. The Balaban J connectivity index is 1.96. The third kappa shape index (κ3) is 3.19. The van der Waals surface area contributed by atoms with E-state index in [1.54, 1.807) is 4.90 Å². The fraction of sp³-hybridized carbons (Fsp3) is 0.417. The first-order valence-corrected chi connectivity index (χ1v) is 5.97. The predicted octanol–water partition coefficient (Wildman–Crippen LogP) is 2.04. The standard InChI is InChI=1S/C12H13F2NOS/c13-9-3-8(4-10(14)5-9)1-2-15-7-11(17)6-12(15)16/h3-5,11,17H,1-2,6-7H2. The van der Waals surface area contributed by atoms with Crippen LogP contribution in [0.4, 0.5) is 8.78 Å². The zero-order valence-electron chi connectivity index (χ0n) is 9.20. The van der Waals surface area contributed by atoms with Crippen LogP contribution in [0.5, 0.6) is 0 Å². The minimum atomic E-state index is -0.583. The average molecular weight is 257 g/mol. The summed E-state index contributed by atoms with van der Waals surface area (Å²) in [6.45, 7) is 1.10. The topological polar surface area (TPSA) is 20.3 Å². The van der Waals surface area contributed by atoms with Crippen LogP contribution in [0.1, 0.15) is 12.0 Å². The van der Waals surface area contributed by atoms with E-state index in [0.717, 1.165) is 6.07 Å². The lowest BCUT2D eigenvalue weighted by molar-refractivity contribution is -0.127. The molecule has 2 rings (SSSR count). The van der Waals surface area contributed by atoms with Gasteiger partial charge in [-0.2, -0.15) is 12.6 Å². The van der Waals surface area contributed by atoms with Gasteiger partial charge in [-0.15, -0.1) is 0 Å². The molecule has 1 aliphatic heterocycles. The molecule has 0 saturated carbocycles. The Morgan fingerprint density at radius 3 is 2.47 bits per heavy atom. The van der Waals surface area contributed by atoms with Gasteiger partial charge in [0, 0.05) is 30.8 Å². The summed E-state index contributed by atoms with van der Waals surface area (Å²) in [5.74, 6) is -1.11. The Labute approximate surface area is 104 Å². The number of amides is 1. The SMILES string of the molecule is O=C1CC(S)CN1CCc1cc(F)cc(F)c1. The second-order valence-electron chi connectivity index (χ2n) is 4.23. The highest BCUT2D eigenvalue weighted by Crippen LogP contribution is 2.17. The van der Waals surface area contributed by atoms with Crippen molar-refractivity contribution in [2.45, 2.75) is 18.1 Å². The van der Waals surface area contributed by atoms with Gasteiger partial charge in [0.15, 0.2) is 0 Å². The first kappa shape index (κ1) is 12.4. The summed E-state index contributed by atoms with van der Waals surface area (Å²) in [5.41, 5.74) is 0.568. The van der Waals surface area contributed by atoms with Crippen LogP contribution in [0.3, 0.4) is 0 Å². The molecule has 17 heavy (non-hydrogen) atoms. The first-order chi connectivity index (χ1) is 8.04. The van der Waals surface area contributed by atoms with Crippen LogP contribution < -0.4 is 0 Å². The van der Waals surface area contributed by atoms with Gasteiger partial charge < -0.3 is 4.90 Å². The lowest BCUT2D eigenvalue weighted by atomic mass is 10.1. The smallest absolute Gasteiger partial charge is 0.223 e. The third-order valence-corrected chi connectivity index (χ3v) is 3.13. The summed E-state index contributed by atoms with van der Waals surface area (Å²) in [6.07, 6.45) is 0.904. The van der Waals surface area contributed by atoms with Crippen molar-refractivity contribution < 1.29 is 13.6 Å². The molecule has 2 nitrogen and oxygen atoms in total. The van der Waals surface area contributed by atoms with Crippen molar-refractivity contribution in [3.63, 3.8) is 0 Å². The van der Waals surface area contributed by atoms with Crippen LogP contribution >= 0.6 is 12.6 Å². The number of carbonyl (C=O) groups excluding carboxylic acids is 1. The fourth-order valence-electron chi connectivity index (χ4n) is 1.99. The Kier molecular flexibility index (Phi) is 3.66. The molecular formula is C12H13F2NOS. The number of hydrogen-bond acceptors (Lipinski definition) is 2. The quantitative estimate of drug-likeness (QED) is 0.822. The van der Waals surface area contributed by atoms with Crippen molar-refractivity contribution >= 4 is 18.5 Å². The Morgan fingerprint density at radius 1 is 1.29 bits per heavy atom. The molecule has 0 bridgehead atoms. The molecule has 0 spiro atoms. The van der Waals surface area contributed by atoms with E-state index >= 15 is 0 Å². The van der Waals surface area contributed by atoms with Gasteiger partial charge in [-0.25, -0.2) is 8.78 Å². The molecule has 0 aromatic heterocycles. The summed E-state index contributed by atoms with van der Waals surface area (Å²) in [6, 6.07) is 3.43. The molecule has 1 unspecified atom stereocenters. The lowest BCUT2D eigenvalue weighted by Crippen LogP contribution is -2.27. The molecule has 1 saturated heterocycles. The van der Waals surface area contributed by atoms with Crippen molar-refractivity contribution in [1.82, 2.24) is 4.90 Å². The summed E-state index contributed by atoms with van der Waals surface area (Å²) in [7, 11) is 0. The summed E-state index contributed by atoms with van der Waals surface area (Å²) in [5, 5.41) is 0.0757. The van der Waals surface area contributed by atoms with Gasteiger partial charge in [-0.3, -0.25) is 4.79 Å². The van der Waals surface area contributed by atoms with Gasteiger partial charge in [0.05, 0.1) is 0 Å². The van der Waals surface area contributed by atoms with Crippen LogP contribution in [0, 0.1) is 11.6 Å². The molecule has 1 aromatic carbocycles. The molecule has 1 heterocycles. The second kappa shape index (κ2) is 5.04. The second-order valence-corrected chi connectivity index (χ2v) is 4.96. The molecule has 1 aliphatic rings. The van der Waals surface area contributed by atoms with Gasteiger partial charge in [0.1, 0.15) is 11.6 Å². The number of nitrogens with zero attached hydrogens (tertiary/aromatic N) is 1. The predicted molar refractivity (Wildman–Crippen MR) is 64.0 cm³/mol. The van der Waals surface area contributed by atoms with Crippen molar-refractivity contribution in [1.29, 1.82) is 0 Å². The highest BCUT2D eigenvalue weighted by Gasteiger charge is 2.26. The van der Waals surface area contributed by atoms with E-state index in [1.165, 1.54) is 12.1 Å². The van der Waals surface area contributed by atoms with Crippen molar-refractivity contribution in [2.75, 3.05) is 13.1 Å². The highest BCUT2D eigenvalue weighted by molar-refractivity contribution is 7.81. The Morgan fingerprint density at radius 2 is 1.94 bits per heavy atom. The zero-order valence-corrected chi connectivity index (χ0v) is 10.1. The average Bonchev–Trinajstić information content (AvgIpc) is 2.53. The zero-order chi connectivity index (χ0) is 12.4. The van der Waals surface area contributed by atoms with Gasteiger partial charge in [0.2, 0.25) is 5.91 Å². The van der Waals surface area contributed by atoms with E-state index in [2.05, 4.69) is 12.6 Å². The van der Waals surface area contributed by atoms with E-state index in [4.69, 9.17) is 0 Å². The van der Waals surface area contributed by atoms with Crippen LogP contribution in [-0.4, -0.2) is 29.1 Å². The summed E-state index contributed by atoms with van der Waals surface area (Å²) in [4.78, 5) is 13.1. The Hall–Kier alpha value is -1.10. The van der Waals surface area contributed by atoms with Gasteiger partial charge in [-0.1, -0.05) is 0 Å². The van der Waals surface area contributed by atoms with Gasteiger partial charge >= 0.3 is 0 Å². The number of rotatable bonds is 3. The monoisotopic (exact) mass is 257 g/mol. The Bertz CT molecular complexity index is 418. The first-order valence-electron chi connectivity index (χ1n) is 5.45. The number of hydrogen-bond donors (Lipinski definition) is 1. The maximum atomic E-state index is 12.9. The molecule has 1 atom stereocenters. The largest absolute Gasteiger partial charge is 0.341 e. The van der Waals surface area contributed by atoms with E-state index in [9.17, 15) is 13.6 Å². The van der Waals surface area contributed by atoms with Crippen molar-refractivity contribution in [2.24, 2.45) is 0 Å². The van der Waals surface area contributed by atoms with E-state index in [0.29, 0.717) is 31.5 Å². The number of thiol groups is 1. The number of likely N-dealkylation sites (tertiary alicyclic amines) is 1. The van der Waals surface area contributed by atoms with Crippen molar-refractivity contribution in [3.8, 4) is 0 Å². The molecule has 0 radical (unpaired) electrons. The van der Waals surface area contributed by atoms with E-state index in [1.807, 2.05) is 0 Å². The summed E-state index contributed by atoms with van der Waals surface area (Å²) >= 11 is 4.24. The van der Waals surface area contributed by atoms with Gasteiger partial charge in [-0.05, 0) is 24.1 Å². The highest BCUT2D eigenvalue weighted by atomic mass is 32.1. The lowest BCUT2D eigenvalue weighted by Gasteiger charge is -2.15. The molecule has 0 N–H and O–H groups in total. The van der Waals surface area contributed by atoms with E-state index in [-0.39, 0.29) is 11.2 Å². The van der Waals surface area contributed by atoms with Crippen molar-refractivity contribution in [3.05, 3.63) is 35.4 Å². The van der Waals surface area contributed by atoms with Crippen LogP contribution in [0.15, 0.2) is 18.2 Å². The minimum absolute atomic E-state index is 0.0573. The molecular weight excluding hydrogens is 244 g/mol. The third-order valence-electron chi connectivity index (χ3n) is 2.79. The number of carbonyl (C=O) groups is 1. The molecule has 1 fully saturated rings. The van der Waals surface area contributed by atoms with Crippen LogP contribution in [0.2, 0.25) is 0 Å². The maximum Gasteiger partial charge on any atom is 0.223 e. The molecule has 1 aromatic rings. The maximum absolute atomic E-state index is 12.9. The normalized spacial score (nSPS) is 20.1. The van der Waals surface area contributed by atoms with Gasteiger partial charge in [0.25, 0.3) is 0 Å². The fourth-order valence-corrected chi connectivity index (χ4v) is 2.34. The number of halogens is 2. The van der Waals surface area contributed by atoms with Crippen LogP contribution in [0.25, 0.3) is 0 Å². The molecule has 92 valence electrons. The van der Waals surface area contributed by atoms with Crippen LogP contribution in [-0.2, 0) is 11.2 Å².